The number of nitrogens with zero attached hydrogens (tertiary/aromatic N) is 5. The highest BCUT2D eigenvalue weighted by atomic mass is 16.5. The predicted octanol–water partition coefficient (Wildman–Crippen LogP) is 1.78. The first kappa shape index (κ1) is 20.8. The molecule has 1 atom stereocenters. The number of anilines is 1. The van der Waals surface area contributed by atoms with Crippen molar-refractivity contribution >= 4 is 23.1 Å². The number of likely N-dealkylation sites (tertiary alicyclic amines) is 1. The second-order valence-electron chi connectivity index (χ2n) is 7.55. The number of carbonyl (C=O) groups excluding carboxylic acids is 2. The normalized spacial score (nSPS) is 16.5. The number of primary amides is 1. The van der Waals surface area contributed by atoms with Crippen LogP contribution in [0.25, 0.3) is 5.65 Å². The van der Waals surface area contributed by atoms with Crippen LogP contribution >= 0.6 is 0 Å². The third kappa shape index (κ3) is 4.36. The fourth-order valence-electron chi connectivity index (χ4n) is 4.11. The Kier molecular flexibility index (Phi) is 6.13. The van der Waals surface area contributed by atoms with E-state index in [1.165, 1.54) is 0 Å². The summed E-state index contributed by atoms with van der Waals surface area (Å²) in [5, 5.41) is 8.64. The van der Waals surface area contributed by atoms with Crippen LogP contribution in [0.5, 0.6) is 5.75 Å². The molecule has 2 aromatic heterocycles. The monoisotopic (exact) mass is 422 g/mol. The minimum Gasteiger partial charge on any atom is -0.495 e. The van der Waals surface area contributed by atoms with Gasteiger partial charge in [0.25, 0.3) is 0 Å². The SMILES string of the molecule is COc1ccccc1N(CCC(N)=O)C(=O)CN1CCC[C@@H]1c1nnc2ccccn12. The average molecular weight is 422 g/mol. The fourth-order valence-corrected chi connectivity index (χ4v) is 4.11. The molecule has 31 heavy (non-hydrogen) atoms. The van der Waals surface area contributed by atoms with E-state index in [1.54, 1.807) is 18.1 Å². The van der Waals surface area contributed by atoms with E-state index in [-0.39, 0.29) is 31.5 Å². The fraction of sp³-hybridized carbons (Fsp3) is 0.364. The van der Waals surface area contributed by atoms with E-state index < -0.39 is 5.91 Å². The number of aromatic nitrogens is 3. The zero-order chi connectivity index (χ0) is 21.8. The van der Waals surface area contributed by atoms with Crippen molar-refractivity contribution in [3.05, 3.63) is 54.5 Å². The van der Waals surface area contributed by atoms with E-state index in [9.17, 15) is 9.59 Å². The molecule has 0 radical (unpaired) electrons. The molecule has 1 saturated heterocycles. The molecule has 1 fully saturated rings. The molecule has 0 bridgehead atoms. The molecular formula is C22H26N6O3. The highest BCUT2D eigenvalue weighted by Gasteiger charge is 2.33. The Hall–Kier alpha value is -3.46. The van der Waals surface area contributed by atoms with E-state index in [0.29, 0.717) is 11.4 Å². The molecule has 0 saturated carbocycles. The van der Waals surface area contributed by atoms with Gasteiger partial charge < -0.3 is 15.4 Å². The summed E-state index contributed by atoms with van der Waals surface area (Å²) in [7, 11) is 1.56. The number of rotatable bonds is 8. The minimum absolute atomic E-state index is 0.00277. The van der Waals surface area contributed by atoms with Gasteiger partial charge in [-0.2, -0.15) is 0 Å². The van der Waals surface area contributed by atoms with Gasteiger partial charge in [-0.15, -0.1) is 10.2 Å². The molecule has 4 rings (SSSR count). The molecule has 1 aliphatic heterocycles. The number of carbonyl (C=O) groups is 2. The zero-order valence-electron chi connectivity index (χ0n) is 17.5. The maximum absolute atomic E-state index is 13.4. The maximum Gasteiger partial charge on any atom is 0.241 e. The first-order chi connectivity index (χ1) is 15.1. The lowest BCUT2D eigenvalue weighted by Crippen LogP contribution is -2.42. The second kappa shape index (κ2) is 9.13. The molecule has 0 aliphatic carbocycles. The molecule has 3 aromatic rings. The van der Waals surface area contributed by atoms with Crippen molar-refractivity contribution in [1.82, 2.24) is 19.5 Å². The maximum atomic E-state index is 13.4. The highest BCUT2D eigenvalue weighted by molar-refractivity contribution is 5.96. The number of fused-ring (bicyclic) bond motifs is 1. The minimum atomic E-state index is -0.457. The van der Waals surface area contributed by atoms with E-state index in [4.69, 9.17) is 10.5 Å². The second-order valence-corrected chi connectivity index (χ2v) is 7.55. The number of para-hydroxylation sites is 2. The van der Waals surface area contributed by atoms with E-state index >= 15 is 0 Å². The van der Waals surface area contributed by atoms with Crippen molar-refractivity contribution in [1.29, 1.82) is 0 Å². The quantitative estimate of drug-likeness (QED) is 0.593. The molecule has 2 N–H and O–H groups in total. The molecule has 1 aliphatic rings. The van der Waals surface area contributed by atoms with Crippen molar-refractivity contribution in [2.75, 3.05) is 31.6 Å². The molecular weight excluding hydrogens is 396 g/mol. The van der Waals surface area contributed by atoms with E-state index in [2.05, 4.69) is 15.1 Å². The van der Waals surface area contributed by atoms with Gasteiger partial charge in [0.1, 0.15) is 5.75 Å². The van der Waals surface area contributed by atoms with Crippen LogP contribution in [0.15, 0.2) is 48.7 Å². The van der Waals surface area contributed by atoms with Crippen LogP contribution in [0.1, 0.15) is 31.1 Å². The smallest absolute Gasteiger partial charge is 0.241 e. The Balaban J connectivity index is 1.57. The number of hydrogen-bond donors (Lipinski definition) is 1. The number of methoxy groups -OCH3 is 1. The Bertz CT molecular complexity index is 1080. The summed E-state index contributed by atoms with van der Waals surface area (Å²) in [6.07, 6.45) is 3.88. The van der Waals surface area contributed by atoms with Crippen LogP contribution in [0.2, 0.25) is 0 Å². The van der Waals surface area contributed by atoms with Gasteiger partial charge in [-0.3, -0.25) is 18.9 Å². The lowest BCUT2D eigenvalue weighted by Gasteiger charge is -2.28. The lowest BCUT2D eigenvalue weighted by atomic mass is 10.2. The van der Waals surface area contributed by atoms with Gasteiger partial charge in [-0.1, -0.05) is 18.2 Å². The van der Waals surface area contributed by atoms with Crippen molar-refractivity contribution in [3.8, 4) is 5.75 Å². The number of ether oxygens (including phenoxy) is 1. The molecule has 0 spiro atoms. The molecule has 9 heteroatoms. The number of nitrogens with two attached hydrogens (primary N) is 1. The summed E-state index contributed by atoms with van der Waals surface area (Å²) in [5.74, 6) is 0.830. The molecule has 0 unspecified atom stereocenters. The van der Waals surface area contributed by atoms with Gasteiger partial charge in [-0.25, -0.2) is 0 Å². The molecule has 162 valence electrons. The Labute approximate surface area is 180 Å². The summed E-state index contributed by atoms with van der Waals surface area (Å²) >= 11 is 0. The number of pyridine rings is 1. The van der Waals surface area contributed by atoms with Gasteiger partial charge in [0.15, 0.2) is 11.5 Å². The van der Waals surface area contributed by atoms with Crippen molar-refractivity contribution in [2.24, 2.45) is 5.73 Å². The van der Waals surface area contributed by atoms with Gasteiger partial charge in [0.05, 0.1) is 25.4 Å². The van der Waals surface area contributed by atoms with Crippen LogP contribution in [0.4, 0.5) is 5.69 Å². The van der Waals surface area contributed by atoms with Crippen molar-refractivity contribution < 1.29 is 14.3 Å². The summed E-state index contributed by atoms with van der Waals surface area (Å²) in [6, 6.07) is 13.1. The average Bonchev–Trinajstić information content (AvgIpc) is 3.40. The summed E-state index contributed by atoms with van der Waals surface area (Å²) in [6.45, 7) is 1.18. The summed E-state index contributed by atoms with van der Waals surface area (Å²) in [4.78, 5) is 28.5. The van der Waals surface area contributed by atoms with Crippen LogP contribution in [-0.2, 0) is 9.59 Å². The summed E-state index contributed by atoms with van der Waals surface area (Å²) in [5.41, 5.74) is 6.77. The molecule has 1 aromatic carbocycles. The first-order valence-electron chi connectivity index (χ1n) is 10.3. The topological polar surface area (TPSA) is 106 Å². The van der Waals surface area contributed by atoms with Crippen LogP contribution in [0.3, 0.4) is 0 Å². The van der Waals surface area contributed by atoms with Crippen LogP contribution < -0.4 is 15.4 Å². The van der Waals surface area contributed by atoms with Gasteiger partial charge in [0, 0.05) is 19.2 Å². The Morgan fingerprint density at radius 2 is 2.00 bits per heavy atom. The Morgan fingerprint density at radius 1 is 1.19 bits per heavy atom. The zero-order valence-corrected chi connectivity index (χ0v) is 17.5. The van der Waals surface area contributed by atoms with Crippen molar-refractivity contribution in [2.45, 2.75) is 25.3 Å². The molecule has 3 heterocycles. The number of hydrogen-bond acceptors (Lipinski definition) is 6. The summed E-state index contributed by atoms with van der Waals surface area (Å²) < 4.78 is 7.41. The van der Waals surface area contributed by atoms with Gasteiger partial charge >= 0.3 is 0 Å². The van der Waals surface area contributed by atoms with Gasteiger partial charge in [-0.05, 0) is 43.7 Å². The largest absolute Gasteiger partial charge is 0.495 e. The number of amides is 2. The van der Waals surface area contributed by atoms with Gasteiger partial charge in [0.2, 0.25) is 11.8 Å². The molecule has 2 amide bonds. The number of benzene rings is 1. The standard InChI is InChI=1S/C22H26N6O3/c1-31-18-9-3-2-7-16(18)27(14-11-19(23)29)21(30)15-26-12-6-8-17(26)22-25-24-20-10-4-5-13-28(20)22/h2-5,7,9-10,13,17H,6,8,11-12,14-15H2,1H3,(H2,23,29)/t17-/m1/s1. The Morgan fingerprint density at radius 3 is 2.81 bits per heavy atom. The third-order valence-corrected chi connectivity index (χ3v) is 5.60. The van der Waals surface area contributed by atoms with E-state index in [0.717, 1.165) is 30.9 Å². The van der Waals surface area contributed by atoms with E-state index in [1.807, 2.05) is 47.0 Å². The third-order valence-electron chi connectivity index (χ3n) is 5.60. The van der Waals surface area contributed by atoms with Crippen LogP contribution in [0, 0.1) is 0 Å². The molecule has 9 nitrogen and oxygen atoms in total. The van der Waals surface area contributed by atoms with Crippen molar-refractivity contribution in [3.63, 3.8) is 0 Å². The predicted molar refractivity (Wildman–Crippen MR) is 116 cm³/mol. The highest BCUT2D eigenvalue weighted by Crippen LogP contribution is 2.32. The lowest BCUT2D eigenvalue weighted by molar-refractivity contribution is -0.120. The first-order valence-corrected chi connectivity index (χ1v) is 10.3. The van der Waals surface area contributed by atoms with Crippen LogP contribution in [-0.4, -0.2) is 58.1 Å².